The average molecular weight is 318 g/mol. The van der Waals surface area contributed by atoms with Gasteiger partial charge in [0, 0.05) is 12.2 Å². The molecule has 2 heterocycles. The topological polar surface area (TPSA) is 69.9 Å². The first-order valence-corrected chi connectivity index (χ1v) is 8.25. The van der Waals surface area contributed by atoms with Gasteiger partial charge in [-0.2, -0.15) is 0 Å². The molecule has 0 N–H and O–H groups in total. The van der Waals surface area contributed by atoms with E-state index in [-0.39, 0.29) is 17.1 Å². The molecule has 1 aromatic heterocycles. The van der Waals surface area contributed by atoms with Gasteiger partial charge >= 0.3 is 0 Å². The lowest BCUT2D eigenvalue weighted by Gasteiger charge is -2.12. The fourth-order valence-electron chi connectivity index (χ4n) is 2.43. The van der Waals surface area contributed by atoms with Crippen LogP contribution in [-0.4, -0.2) is 44.0 Å². The highest BCUT2D eigenvalue weighted by atomic mass is 32.2. The summed E-state index contributed by atoms with van der Waals surface area (Å²) < 4.78 is 7.34. The van der Waals surface area contributed by atoms with Crippen molar-refractivity contribution in [2.45, 2.75) is 42.8 Å². The van der Waals surface area contributed by atoms with Crippen LogP contribution in [0.5, 0.6) is 0 Å². The Labute approximate surface area is 133 Å². The molecule has 3 rings (SSSR count). The summed E-state index contributed by atoms with van der Waals surface area (Å²) in [7, 11) is 0. The molecule has 1 saturated heterocycles. The quantitative estimate of drug-likeness (QED) is 0.601. The van der Waals surface area contributed by atoms with Crippen LogP contribution in [0.3, 0.4) is 0 Å². The van der Waals surface area contributed by atoms with Crippen LogP contribution in [0.25, 0.3) is 0 Å². The van der Waals surface area contributed by atoms with Crippen LogP contribution < -0.4 is 0 Å². The van der Waals surface area contributed by atoms with E-state index in [0.717, 1.165) is 19.4 Å². The highest BCUT2D eigenvalue weighted by Gasteiger charge is 2.22. The lowest BCUT2D eigenvalue weighted by molar-refractivity contribution is 0.0911. The van der Waals surface area contributed by atoms with Gasteiger partial charge in [-0.3, -0.25) is 4.79 Å². The molecule has 0 unspecified atom stereocenters. The van der Waals surface area contributed by atoms with Crippen molar-refractivity contribution < 1.29 is 9.53 Å². The lowest BCUT2D eigenvalue weighted by Crippen LogP contribution is -2.19. The molecule has 2 aromatic rings. The molecule has 22 heavy (non-hydrogen) atoms. The third kappa shape index (κ3) is 3.53. The van der Waals surface area contributed by atoms with Crippen LogP contribution in [0.15, 0.2) is 35.5 Å². The number of tetrazole rings is 1. The fourth-order valence-corrected chi connectivity index (χ4v) is 3.30. The van der Waals surface area contributed by atoms with Crippen molar-refractivity contribution in [3.05, 3.63) is 35.9 Å². The molecule has 0 spiro atoms. The van der Waals surface area contributed by atoms with Gasteiger partial charge in [0.1, 0.15) is 0 Å². The van der Waals surface area contributed by atoms with Crippen LogP contribution in [0, 0.1) is 0 Å². The zero-order valence-electron chi connectivity index (χ0n) is 12.4. The number of carbonyl (C=O) groups is 1. The lowest BCUT2D eigenvalue weighted by atomic mass is 10.1. The minimum absolute atomic E-state index is 0.0808. The van der Waals surface area contributed by atoms with Crippen molar-refractivity contribution in [1.29, 1.82) is 0 Å². The zero-order chi connectivity index (χ0) is 15.4. The minimum atomic E-state index is -0.239. The second kappa shape index (κ2) is 7.02. The number of ketones is 1. The summed E-state index contributed by atoms with van der Waals surface area (Å²) in [6.45, 7) is 3.32. The summed E-state index contributed by atoms with van der Waals surface area (Å²) in [5, 5.41) is 12.2. The van der Waals surface area contributed by atoms with Gasteiger partial charge in [0.15, 0.2) is 5.78 Å². The van der Waals surface area contributed by atoms with Gasteiger partial charge in [-0.05, 0) is 30.2 Å². The summed E-state index contributed by atoms with van der Waals surface area (Å²) in [4.78, 5) is 12.4. The second-order valence-electron chi connectivity index (χ2n) is 5.27. The molecule has 0 amide bonds. The highest BCUT2D eigenvalue weighted by Crippen LogP contribution is 2.24. The molecular formula is C15H18N4O2S. The molecule has 7 heteroatoms. The summed E-state index contributed by atoms with van der Waals surface area (Å²) in [6, 6.07) is 9.29. The van der Waals surface area contributed by atoms with Crippen molar-refractivity contribution in [1.82, 2.24) is 20.2 Å². The van der Waals surface area contributed by atoms with Gasteiger partial charge in [0.2, 0.25) is 5.16 Å². The van der Waals surface area contributed by atoms with Crippen LogP contribution in [0.1, 0.15) is 30.1 Å². The number of carbonyl (C=O) groups excluding carboxylic acids is 1. The molecule has 6 nitrogen and oxygen atoms in total. The molecule has 116 valence electrons. The van der Waals surface area contributed by atoms with Crippen LogP contribution in [0.2, 0.25) is 0 Å². The van der Waals surface area contributed by atoms with Crippen molar-refractivity contribution in [3.63, 3.8) is 0 Å². The van der Waals surface area contributed by atoms with E-state index in [4.69, 9.17) is 4.74 Å². The Morgan fingerprint density at radius 1 is 1.45 bits per heavy atom. The van der Waals surface area contributed by atoms with Gasteiger partial charge in [-0.1, -0.05) is 42.1 Å². The van der Waals surface area contributed by atoms with Crippen molar-refractivity contribution in [2.24, 2.45) is 0 Å². The Balaban J connectivity index is 1.65. The number of ether oxygens (including phenoxy) is 1. The number of thioether (sulfide) groups is 1. The molecule has 0 aliphatic carbocycles. The third-order valence-corrected chi connectivity index (χ3v) is 4.68. The Morgan fingerprint density at radius 3 is 3.00 bits per heavy atom. The number of rotatable bonds is 6. The van der Waals surface area contributed by atoms with E-state index >= 15 is 0 Å². The molecule has 0 radical (unpaired) electrons. The van der Waals surface area contributed by atoms with Crippen molar-refractivity contribution in [2.75, 3.05) is 6.61 Å². The molecule has 0 saturated carbocycles. The number of aromatic nitrogens is 4. The largest absolute Gasteiger partial charge is 0.376 e. The molecule has 1 aromatic carbocycles. The van der Waals surface area contributed by atoms with E-state index in [9.17, 15) is 4.79 Å². The first kappa shape index (κ1) is 15.2. The predicted octanol–water partition coefficient (Wildman–Crippen LogP) is 2.22. The fraction of sp³-hybridized carbons (Fsp3) is 0.467. The predicted molar refractivity (Wildman–Crippen MR) is 82.9 cm³/mol. The third-order valence-electron chi connectivity index (χ3n) is 3.61. The maximum atomic E-state index is 12.4. The van der Waals surface area contributed by atoms with E-state index < -0.39 is 0 Å². The molecule has 1 fully saturated rings. The van der Waals surface area contributed by atoms with Gasteiger partial charge in [-0.15, -0.1) is 5.10 Å². The minimum Gasteiger partial charge on any atom is -0.376 e. The van der Waals surface area contributed by atoms with E-state index in [1.54, 1.807) is 4.68 Å². The van der Waals surface area contributed by atoms with Crippen LogP contribution in [-0.2, 0) is 11.3 Å². The Hall–Kier alpha value is -1.73. The first-order chi connectivity index (χ1) is 10.7. The average Bonchev–Trinajstić information content (AvgIpc) is 3.20. The molecule has 1 aliphatic rings. The molecule has 2 atom stereocenters. The SMILES string of the molecule is C[C@@H](Sc1nnnn1C[C@H]1CCCO1)C(=O)c1ccccc1. The van der Waals surface area contributed by atoms with E-state index in [1.807, 2.05) is 37.3 Å². The van der Waals surface area contributed by atoms with E-state index in [0.29, 0.717) is 17.3 Å². The normalized spacial score (nSPS) is 19.2. The second-order valence-corrected chi connectivity index (χ2v) is 6.58. The summed E-state index contributed by atoms with van der Waals surface area (Å²) in [6.07, 6.45) is 2.28. The van der Waals surface area contributed by atoms with Gasteiger partial charge in [0.25, 0.3) is 0 Å². The molecule has 1 aliphatic heterocycles. The summed E-state index contributed by atoms with van der Waals surface area (Å²) in [5.41, 5.74) is 0.709. The Kier molecular flexibility index (Phi) is 4.84. The maximum Gasteiger partial charge on any atom is 0.210 e. The number of benzene rings is 1. The summed E-state index contributed by atoms with van der Waals surface area (Å²) >= 11 is 1.38. The smallest absolute Gasteiger partial charge is 0.210 e. The van der Waals surface area contributed by atoms with Gasteiger partial charge in [-0.25, -0.2) is 4.68 Å². The first-order valence-electron chi connectivity index (χ1n) is 7.37. The Bertz CT molecular complexity index is 625. The van der Waals surface area contributed by atoms with Crippen LogP contribution >= 0.6 is 11.8 Å². The highest BCUT2D eigenvalue weighted by molar-refractivity contribution is 8.00. The van der Waals surface area contributed by atoms with Gasteiger partial charge in [0.05, 0.1) is 17.9 Å². The molecule has 0 bridgehead atoms. The summed E-state index contributed by atoms with van der Waals surface area (Å²) in [5.74, 6) is 0.0808. The van der Waals surface area contributed by atoms with Crippen molar-refractivity contribution in [3.8, 4) is 0 Å². The van der Waals surface area contributed by atoms with Crippen molar-refractivity contribution >= 4 is 17.5 Å². The standard InChI is InChI=1S/C15H18N4O2S/c1-11(14(20)12-6-3-2-4-7-12)22-15-16-17-18-19(15)10-13-8-5-9-21-13/h2-4,6-7,11,13H,5,8-10H2,1H3/t11-,13-/m1/s1. The van der Waals surface area contributed by atoms with E-state index in [2.05, 4.69) is 15.5 Å². The number of Topliss-reactive ketones (excluding diaryl/α,β-unsaturated/α-hetero) is 1. The maximum absolute atomic E-state index is 12.4. The van der Waals surface area contributed by atoms with Gasteiger partial charge < -0.3 is 4.74 Å². The number of hydrogen-bond acceptors (Lipinski definition) is 6. The number of nitrogens with zero attached hydrogens (tertiary/aromatic N) is 4. The Morgan fingerprint density at radius 2 is 2.27 bits per heavy atom. The van der Waals surface area contributed by atoms with E-state index in [1.165, 1.54) is 11.8 Å². The zero-order valence-corrected chi connectivity index (χ0v) is 13.2. The monoisotopic (exact) mass is 318 g/mol. The van der Waals surface area contributed by atoms with Crippen LogP contribution in [0.4, 0.5) is 0 Å². The molecular weight excluding hydrogens is 300 g/mol. The number of hydrogen-bond donors (Lipinski definition) is 0.